The number of carbonyl (C=O) groups excluding carboxylic acids is 2. The molecule has 154 valence electrons. The van der Waals surface area contributed by atoms with Gasteiger partial charge in [0.15, 0.2) is 0 Å². The van der Waals surface area contributed by atoms with Gasteiger partial charge in [0.05, 0.1) is 5.69 Å². The molecule has 0 spiro atoms. The van der Waals surface area contributed by atoms with E-state index < -0.39 is 11.7 Å². The molecule has 1 N–H and O–H groups in total. The van der Waals surface area contributed by atoms with Gasteiger partial charge >= 0.3 is 0 Å². The molecule has 2 aromatic carbocycles. The minimum atomic E-state index is -0.520. The van der Waals surface area contributed by atoms with Crippen molar-refractivity contribution in [1.29, 1.82) is 0 Å². The Morgan fingerprint density at radius 3 is 2.40 bits per heavy atom. The largest absolute Gasteiger partial charge is 0.339 e. The van der Waals surface area contributed by atoms with E-state index >= 15 is 0 Å². The van der Waals surface area contributed by atoms with Crippen molar-refractivity contribution in [3.63, 3.8) is 0 Å². The maximum Gasteiger partial charge on any atom is 0.286 e. The molecule has 6 nitrogen and oxygen atoms in total. The van der Waals surface area contributed by atoms with Gasteiger partial charge in [0.1, 0.15) is 16.6 Å². The first-order valence-electron chi connectivity index (χ1n) is 9.45. The van der Waals surface area contributed by atoms with E-state index in [0.29, 0.717) is 31.5 Å². The first kappa shape index (κ1) is 20.1. The highest BCUT2D eigenvalue weighted by atomic mass is 32.1. The Morgan fingerprint density at radius 2 is 1.70 bits per heavy atom. The first-order chi connectivity index (χ1) is 14.5. The number of aromatic nitrogens is 2. The lowest BCUT2D eigenvalue weighted by Crippen LogP contribution is -2.37. The van der Waals surface area contributed by atoms with Crippen molar-refractivity contribution in [2.45, 2.75) is 18.8 Å². The predicted octanol–water partition coefficient (Wildman–Crippen LogP) is 4.09. The molecule has 0 atom stereocenters. The molecule has 0 aliphatic carbocycles. The number of nitrogens with one attached hydrogen (secondary N) is 1. The molecule has 2 amide bonds. The fraction of sp³-hybridized carbons (Fsp3) is 0.238. The molecule has 9 heteroatoms. The van der Waals surface area contributed by atoms with E-state index in [4.69, 9.17) is 0 Å². The number of rotatable bonds is 4. The number of likely N-dealkylation sites (tertiary alicyclic amines) is 1. The van der Waals surface area contributed by atoms with Crippen molar-refractivity contribution in [3.05, 3.63) is 75.7 Å². The minimum absolute atomic E-state index is 0.0897. The van der Waals surface area contributed by atoms with Gasteiger partial charge in [-0.05, 0) is 49.2 Å². The molecule has 0 saturated carbocycles. The van der Waals surface area contributed by atoms with E-state index in [1.165, 1.54) is 47.7 Å². The highest BCUT2D eigenvalue weighted by Gasteiger charge is 2.27. The summed E-state index contributed by atoms with van der Waals surface area (Å²) in [6.45, 7) is 1.08. The molecule has 4 rings (SSSR count). The maximum atomic E-state index is 13.7. The Morgan fingerprint density at radius 1 is 1.00 bits per heavy atom. The third kappa shape index (κ3) is 4.35. The average molecular weight is 428 g/mol. The normalized spacial score (nSPS) is 14.5. The van der Waals surface area contributed by atoms with Gasteiger partial charge in [-0.2, -0.15) is 0 Å². The molecule has 1 aromatic heterocycles. The summed E-state index contributed by atoms with van der Waals surface area (Å²) < 4.78 is 26.8. The standard InChI is InChI=1S/C21H18F2N4O2S/c22-15-7-5-14(6-8-15)21(29)27-11-9-13(10-12-27)19-25-26-20(30-19)18(28)24-17-4-2-1-3-16(17)23/h1-8,13H,9-12H2,(H,24,28). The maximum absolute atomic E-state index is 13.7. The molecule has 0 unspecified atom stereocenters. The van der Waals surface area contributed by atoms with Crippen LogP contribution in [0.25, 0.3) is 0 Å². The average Bonchev–Trinajstić information content (AvgIpc) is 3.26. The number of nitrogens with zero attached hydrogens (tertiary/aromatic N) is 3. The summed E-state index contributed by atoms with van der Waals surface area (Å²) in [4.78, 5) is 26.6. The fourth-order valence-corrected chi connectivity index (χ4v) is 4.24. The van der Waals surface area contributed by atoms with Gasteiger partial charge in [0.2, 0.25) is 5.01 Å². The summed E-state index contributed by atoms with van der Waals surface area (Å²) in [5, 5.41) is 11.5. The van der Waals surface area contributed by atoms with Crippen molar-refractivity contribution in [2.75, 3.05) is 18.4 Å². The molecule has 2 heterocycles. The summed E-state index contributed by atoms with van der Waals surface area (Å²) in [5.74, 6) is -1.44. The number of para-hydroxylation sites is 1. The van der Waals surface area contributed by atoms with Gasteiger partial charge in [0.25, 0.3) is 11.8 Å². The van der Waals surface area contributed by atoms with Crippen LogP contribution in [0.4, 0.5) is 14.5 Å². The molecule has 1 aliphatic heterocycles. The minimum Gasteiger partial charge on any atom is -0.339 e. The zero-order valence-electron chi connectivity index (χ0n) is 15.8. The number of hydrogen-bond acceptors (Lipinski definition) is 5. The smallest absolute Gasteiger partial charge is 0.286 e. The highest BCUT2D eigenvalue weighted by molar-refractivity contribution is 7.13. The SMILES string of the molecule is O=C(Nc1ccccc1F)c1nnc(C2CCN(C(=O)c3ccc(F)cc3)CC2)s1. The van der Waals surface area contributed by atoms with E-state index in [2.05, 4.69) is 15.5 Å². The molecular weight excluding hydrogens is 410 g/mol. The Kier molecular flexibility index (Phi) is 5.80. The molecule has 1 aliphatic rings. The third-order valence-electron chi connectivity index (χ3n) is 4.98. The molecule has 3 aromatic rings. The predicted molar refractivity (Wildman–Crippen MR) is 109 cm³/mol. The third-order valence-corrected chi connectivity index (χ3v) is 6.06. The van der Waals surface area contributed by atoms with Crippen molar-refractivity contribution in [2.24, 2.45) is 0 Å². The van der Waals surface area contributed by atoms with Gasteiger partial charge in [-0.3, -0.25) is 9.59 Å². The Hall–Kier alpha value is -3.20. The topological polar surface area (TPSA) is 75.2 Å². The summed E-state index contributed by atoms with van der Waals surface area (Å²) in [5.41, 5.74) is 0.546. The number of piperidine rings is 1. The number of benzene rings is 2. The molecule has 1 fully saturated rings. The van der Waals surface area contributed by atoms with Gasteiger partial charge in [-0.15, -0.1) is 10.2 Å². The summed E-state index contributed by atoms with van der Waals surface area (Å²) in [6, 6.07) is 11.4. The van der Waals surface area contributed by atoms with Crippen LogP contribution in [0.1, 0.15) is 43.9 Å². The van der Waals surface area contributed by atoms with E-state index in [9.17, 15) is 18.4 Å². The van der Waals surface area contributed by atoms with E-state index in [0.717, 1.165) is 5.01 Å². The zero-order chi connectivity index (χ0) is 21.1. The molecule has 30 heavy (non-hydrogen) atoms. The van der Waals surface area contributed by atoms with Gasteiger partial charge < -0.3 is 10.2 Å². The molecule has 0 bridgehead atoms. The Labute approximate surface area is 175 Å². The summed E-state index contributed by atoms with van der Waals surface area (Å²) in [7, 11) is 0. The Balaban J connectivity index is 1.36. The second-order valence-electron chi connectivity index (χ2n) is 6.95. The highest BCUT2D eigenvalue weighted by Crippen LogP contribution is 2.31. The molecule has 1 saturated heterocycles. The van der Waals surface area contributed by atoms with Crippen molar-refractivity contribution in [1.82, 2.24) is 15.1 Å². The van der Waals surface area contributed by atoms with Crippen molar-refractivity contribution >= 4 is 28.8 Å². The van der Waals surface area contributed by atoms with E-state index in [-0.39, 0.29) is 28.3 Å². The zero-order valence-corrected chi connectivity index (χ0v) is 16.7. The summed E-state index contributed by atoms with van der Waals surface area (Å²) in [6.07, 6.45) is 1.38. The van der Waals surface area contributed by atoms with Crippen LogP contribution in [0, 0.1) is 11.6 Å². The van der Waals surface area contributed by atoms with Crippen LogP contribution in [0.3, 0.4) is 0 Å². The number of carbonyl (C=O) groups is 2. The van der Waals surface area contributed by atoms with Crippen LogP contribution in [0.15, 0.2) is 48.5 Å². The van der Waals surface area contributed by atoms with Gasteiger partial charge in [-0.1, -0.05) is 23.5 Å². The lowest BCUT2D eigenvalue weighted by atomic mass is 9.97. The number of hydrogen-bond donors (Lipinski definition) is 1. The van der Waals surface area contributed by atoms with Crippen LogP contribution < -0.4 is 5.32 Å². The molecular formula is C21H18F2N4O2S. The number of halogens is 2. The lowest BCUT2D eigenvalue weighted by molar-refractivity contribution is 0.0712. The Bertz CT molecular complexity index is 1060. The monoisotopic (exact) mass is 428 g/mol. The van der Waals surface area contributed by atoms with Crippen LogP contribution in [0.5, 0.6) is 0 Å². The van der Waals surface area contributed by atoms with Crippen LogP contribution in [-0.4, -0.2) is 40.0 Å². The lowest BCUT2D eigenvalue weighted by Gasteiger charge is -2.31. The quantitative estimate of drug-likeness (QED) is 0.679. The first-order valence-corrected chi connectivity index (χ1v) is 10.3. The van der Waals surface area contributed by atoms with Gasteiger partial charge in [-0.25, -0.2) is 8.78 Å². The number of amides is 2. The van der Waals surface area contributed by atoms with Crippen LogP contribution in [-0.2, 0) is 0 Å². The van der Waals surface area contributed by atoms with Crippen molar-refractivity contribution in [3.8, 4) is 0 Å². The van der Waals surface area contributed by atoms with Crippen LogP contribution in [0.2, 0.25) is 0 Å². The second-order valence-corrected chi connectivity index (χ2v) is 7.96. The van der Waals surface area contributed by atoms with E-state index in [1.54, 1.807) is 17.0 Å². The van der Waals surface area contributed by atoms with Gasteiger partial charge in [0, 0.05) is 24.6 Å². The second kappa shape index (κ2) is 8.66. The molecule has 0 radical (unpaired) electrons. The fourth-order valence-electron chi connectivity index (χ4n) is 3.33. The van der Waals surface area contributed by atoms with Crippen molar-refractivity contribution < 1.29 is 18.4 Å². The number of anilines is 1. The summed E-state index contributed by atoms with van der Waals surface area (Å²) >= 11 is 1.18. The van der Waals surface area contributed by atoms with Crippen LogP contribution >= 0.6 is 11.3 Å². The van der Waals surface area contributed by atoms with E-state index in [1.807, 2.05) is 0 Å².